The molecule has 0 atom stereocenters. The number of fused-ring (bicyclic) bond motifs is 1. The fraction of sp³-hybridized carbons (Fsp3) is 0.364. The Kier molecular flexibility index (Phi) is 2.92. The minimum absolute atomic E-state index is 0.00768. The molecule has 5 nitrogen and oxygen atoms in total. The summed E-state index contributed by atoms with van der Waals surface area (Å²) in [5, 5.41) is 2.65. The lowest BCUT2D eigenvalue weighted by atomic mass is 10.1. The van der Waals surface area contributed by atoms with E-state index < -0.39 is 10.0 Å². The molecule has 1 amide bonds. The van der Waals surface area contributed by atoms with Gasteiger partial charge in [-0.05, 0) is 23.3 Å². The number of anilines is 1. The third-order valence-electron chi connectivity index (χ3n) is 2.73. The highest BCUT2D eigenvalue weighted by molar-refractivity contribution is 7.88. The molecule has 0 saturated carbocycles. The van der Waals surface area contributed by atoms with Gasteiger partial charge in [-0.15, -0.1) is 0 Å². The van der Waals surface area contributed by atoms with Crippen molar-refractivity contribution < 1.29 is 13.2 Å². The van der Waals surface area contributed by atoms with E-state index in [0.717, 1.165) is 11.1 Å². The topological polar surface area (TPSA) is 66.5 Å². The first-order valence-electron chi connectivity index (χ1n) is 5.22. The van der Waals surface area contributed by atoms with Crippen molar-refractivity contribution in [3.05, 3.63) is 29.3 Å². The molecule has 6 heteroatoms. The number of nitrogens with zero attached hydrogens (tertiary/aromatic N) is 1. The Balaban J connectivity index is 2.37. The fourth-order valence-electron chi connectivity index (χ4n) is 1.84. The van der Waals surface area contributed by atoms with Crippen molar-refractivity contribution in [2.45, 2.75) is 19.2 Å². The molecule has 0 fully saturated rings. The van der Waals surface area contributed by atoms with Gasteiger partial charge in [0.1, 0.15) is 0 Å². The van der Waals surface area contributed by atoms with Crippen LogP contribution in [-0.4, -0.2) is 25.7 Å². The summed E-state index contributed by atoms with van der Waals surface area (Å²) in [6, 6.07) is 5.36. The summed E-state index contributed by atoms with van der Waals surface area (Å²) in [7, 11) is -1.63. The number of benzene rings is 1. The summed E-state index contributed by atoms with van der Waals surface area (Å²) >= 11 is 0. The molecule has 0 aliphatic carbocycles. The first-order valence-corrected chi connectivity index (χ1v) is 6.83. The molecule has 17 heavy (non-hydrogen) atoms. The number of carbonyl (C=O) groups is 1. The smallest absolute Gasteiger partial charge is 0.221 e. The number of carbonyl (C=O) groups excluding carboxylic acids is 1. The first kappa shape index (κ1) is 12.1. The van der Waals surface area contributed by atoms with E-state index in [0.29, 0.717) is 12.2 Å². The summed E-state index contributed by atoms with van der Waals surface area (Å²) in [4.78, 5) is 10.9. The molecule has 1 aliphatic heterocycles. The molecule has 0 bridgehead atoms. The van der Waals surface area contributed by atoms with Crippen LogP contribution in [0, 0.1) is 0 Å². The van der Waals surface area contributed by atoms with Gasteiger partial charge in [-0.2, -0.15) is 0 Å². The van der Waals surface area contributed by atoms with Crippen molar-refractivity contribution in [2.75, 3.05) is 12.4 Å². The van der Waals surface area contributed by atoms with E-state index in [1.54, 1.807) is 19.2 Å². The average Bonchev–Trinajstić information content (AvgIpc) is 2.18. The van der Waals surface area contributed by atoms with Gasteiger partial charge in [0.2, 0.25) is 15.9 Å². The normalized spacial score (nSPS) is 18.5. The second-order valence-electron chi connectivity index (χ2n) is 4.18. The van der Waals surface area contributed by atoms with Crippen LogP contribution in [0.5, 0.6) is 0 Å². The lowest BCUT2D eigenvalue weighted by Gasteiger charge is -2.25. The number of amides is 1. The van der Waals surface area contributed by atoms with Crippen molar-refractivity contribution in [1.29, 1.82) is 0 Å². The van der Waals surface area contributed by atoms with E-state index in [1.807, 2.05) is 6.07 Å². The van der Waals surface area contributed by atoms with Crippen LogP contribution in [0.2, 0.25) is 0 Å². The number of hydrogen-bond acceptors (Lipinski definition) is 3. The van der Waals surface area contributed by atoms with Crippen LogP contribution < -0.4 is 5.32 Å². The maximum atomic E-state index is 11.7. The quantitative estimate of drug-likeness (QED) is 0.810. The lowest BCUT2D eigenvalue weighted by Crippen LogP contribution is -2.32. The van der Waals surface area contributed by atoms with Gasteiger partial charge >= 0.3 is 0 Å². The number of rotatable bonds is 1. The van der Waals surface area contributed by atoms with Crippen LogP contribution in [0.1, 0.15) is 18.1 Å². The molecular weight excluding hydrogens is 240 g/mol. The van der Waals surface area contributed by atoms with Gasteiger partial charge in [-0.3, -0.25) is 4.79 Å². The van der Waals surface area contributed by atoms with E-state index in [2.05, 4.69) is 5.32 Å². The first-order chi connectivity index (χ1) is 7.88. The Morgan fingerprint density at radius 3 is 2.71 bits per heavy atom. The number of hydrogen-bond donors (Lipinski definition) is 1. The molecule has 1 N–H and O–H groups in total. The molecule has 2 rings (SSSR count). The van der Waals surface area contributed by atoms with Crippen molar-refractivity contribution in [3.8, 4) is 0 Å². The van der Waals surface area contributed by atoms with Gasteiger partial charge in [0, 0.05) is 26.2 Å². The van der Waals surface area contributed by atoms with E-state index in [4.69, 9.17) is 0 Å². The Morgan fingerprint density at radius 1 is 1.35 bits per heavy atom. The molecule has 0 saturated heterocycles. The maximum absolute atomic E-state index is 11.7. The Labute approximate surface area is 100 Å². The molecule has 1 heterocycles. The second kappa shape index (κ2) is 4.12. The third kappa shape index (κ3) is 2.48. The number of sulfonamides is 1. The highest BCUT2D eigenvalue weighted by Crippen LogP contribution is 2.25. The van der Waals surface area contributed by atoms with Crippen LogP contribution >= 0.6 is 0 Å². The fourth-order valence-corrected chi connectivity index (χ4v) is 3.06. The van der Waals surface area contributed by atoms with E-state index in [1.165, 1.54) is 11.2 Å². The van der Waals surface area contributed by atoms with Gasteiger partial charge < -0.3 is 5.32 Å². The predicted molar refractivity (Wildman–Crippen MR) is 64.8 cm³/mol. The molecule has 1 aromatic carbocycles. The van der Waals surface area contributed by atoms with E-state index >= 15 is 0 Å². The highest BCUT2D eigenvalue weighted by atomic mass is 32.2. The minimum atomic E-state index is -3.20. The van der Waals surface area contributed by atoms with Crippen molar-refractivity contribution in [1.82, 2.24) is 4.31 Å². The monoisotopic (exact) mass is 254 g/mol. The van der Waals surface area contributed by atoms with E-state index in [9.17, 15) is 13.2 Å². The summed E-state index contributed by atoms with van der Waals surface area (Å²) in [6.07, 6.45) is 0. The zero-order valence-electron chi connectivity index (χ0n) is 9.73. The summed E-state index contributed by atoms with van der Waals surface area (Å²) < 4.78 is 24.8. The molecule has 0 aromatic heterocycles. The minimum Gasteiger partial charge on any atom is -0.326 e. The van der Waals surface area contributed by atoms with Gasteiger partial charge in [0.05, 0.1) is 5.75 Å². The SMILES string of the molecule is CC(=O)Nc1ccc2c(c1)CS(=O)(=O)N(C)C2. The van der Waals surface area contributed by atoms with Gasteiger partial charge in [0.25, 0.3) is 0 Å². The summed E-state index contributed by atoms with van der Waals surface area (Å²) in [5.41, 5.74) is 2.38. The van der Waals surface area contributed by atoms with Crippen molar-refractivity contribution >= 4 is 21.6 Å². The van der Waals surface area contributed by atoms with E-state index in [-0.39, 0.29) is 11.7 Å². The zero-order valence-corrected chi connectivity index (χ0v) is 10.5. The number of nitrogens with one attached hydrogen (secondary N) is 1. The van der Waals surface area contributed by atoms with Crippen molar-refractivity contribution in [3.63, 3.8) is 0 Å². The Hall–Kier alpha value is -1.40. The molecule has 1 aliphatic rings. The van der Waals surface area contributed by atoms with Crippen LogP contribution in [0.25, 0.3) is 0 Å². The van der Waals surface area contributed by atoms with Crippen LogP contribution in [0.3, 0.4) is 0 Å². The van der Waals surface area contributed by atoms with Crippen LogP contribution in [0.15, 0.2) is 18.2 Å². The molecule has 1 aromatic rings. The molecule has 92 valence electrons. The highest BCUT2D eigenvalue weighted by Gasteiger charge is 2.26. The molecule has 0 spiro atoms. The molecule has 0 unspecified atom stereocenters. The summed E-state index contributed by atoms with van der Waals surface area (Å²) in [5.74, 6) is -0.174. The van der Waals surface area contributed by atoms with Gasteiger partial charge in [-0.25, -0.2) is 12.7 Å². The average molecular weight is 254 g/mol. The molecular formula is C11H14N2O3S. The van der Waals surface area contributed by atoms with Crippen molar-refractivity contribution in [2.24, 2.45) is 0 Å². The van der Waals surface area contributed by atoms with Crippen LogP contribution in [-0.2, 0) is 27.1 Å². The largest absolute Gasteiger partial charge is 0.326 e. The van der Waals surface area contributed by atoms with Gasteiger partial charge in [0.15, 0.2) is 0 Å². The van der Waals surface area contributed by atoms with Gasteiger partial charge in [-0.1, -0.05) is 6.07 Å². The standard InChI is InChI=1S/C11H14N2O3S/c1-8(14)12-11-4-3-9-6-13(2)17(15,16)7-10(9)5-11/h3-5H,6-7H2,1-2H3,(H,12,14). The Morgan fingerprint density at radius 2 is 2.06 bits per heavy atom. The summed E-state index contributed by atoms with van der Waals surface area (Å²) in [6.45, 7) is 1.81. The predicted octanol–water partition coefficient (Wildman–Crippen LogP) is 0.920. The Bertz CT molecular complexity index is 566. The zero-order chi connectivity index (χ0) is 12.6. The molecule has 0 radical (unpaired) electrons. The van der Waals surface area contributed by atoms with Crippen LogP contribution in [0.4, 0.5) is 5.69 Å². The maximum Gasteiger partial charge on any atom is 0.221 e. The lowest BCUT2D eigenvalue weighted by molar-refractivity contribution is -0.114. The third-order valence-corrected chi connectivity index (χ3v) is 4.49. The second-order valence-corrected chi connectivity index (χ2v) is 6.25.